The molecule has 0 aromatic heterocycles. The lowest BCUT2D eigenvalue weighted by atomic mass is 9.94. The van der Waals surface area contributed by atoms with Gasteiger partial charge in [0, 0.05) is 0 Å². The van der Waals surface area contributed by atoms with Crippen molar-refractivity contribution in [1.82, 2.24) is 10.2 Å². The monoisotopic (exact) mass is 283 g/mol. The standard InChI is InChI=1S/C16H33N3O/c1-4-14-8-7-12-19(13-9-14)11-6-5-10-16(2,18-3)15(17)20/h14,18H,4-13H2,1-3H3,(H2,17,20). The highest BCUT2D eigenvalue weighted by molar-refractivity contribution is 5.84. The molecule has 1 aliphatic rings. The molecule has 0 aromatic rings. The van der Waals surface area contributed by atoms with E-state index < -0.39 is 5.54 Å². The van der Waals surface area contributed by atoms with Crippen molar-refractivity contribution in [3.63, 3.8) is 0 Å². The maximum atomic E-state index is 11.4. The van der Waals surface area contributed by atoms with Crippen LogP contribution >= 0.6 is 0 Å². The second-order valence-electron chi connectivity index (χ2n) is 6.45. The van der Waals surface area contributed by atoms with Crippen LogP contribution in [0.15, 0.2) is 0 Å². The molecular formula is C16H33N3O. The maximum absolute atomic E-state index is 11.4. The minimum absolute atomic E-state index is 0.249. The van der Waals surface area contributed by atoms with Gasteiger partial charge in [-0.1, -0.05) is 13.3 Å². The van der Waals surface area contributed by atoms with E-state index in [0.29, 0.717) is 0 Å². The Labute approximate surface area is 124 Å². The molecule has 1 saturated heterocycles. The van der Waals surface area contributed by atoms with Crippen LogP contribution in [-0.2, 0) is 4.79 Å². The normalized spacial score (nSPS) is 24.1. The van der Waals surface area contributed by atoms with Crippen LogP contribution in [0.5, 0.6) is 0 Å². The minimum Gasteiger partial charge on any atom is -0.368 e. The summed E-state index contributed by atoms with van der Waals surface area (Å²) in [5.41, 5.74) is 4.90. The number of nitrogens with two attached hydrogens (primary N) is 1. The SMILES string of the molecule is CCC1CCCN(CCCCC(C)(NC)C(N)=O)CC1. The molecule has 0 saturated carbocycles. The van der Waals surface area contributed by atoms with E-state index in [4.69, 9.17) is 5.73 Å². The predicted octanol–water partition coefficient (Wildman–Crippen LogP) is 2.13. The van der Waals surface area contributed by atoms with Crippen LogP contribution in [-0.4, -0.2) is 43.0 Å². The number of primary amides is 1. The van der Waals surface area contributed by atoms with Gasteiger partial charge in [0.05, 0.1) is 5.54 Å². The third-order valence-electron chi connectivity index (χ3n) is 5.01. The van der Waals surface area contributed by atoms with Crippen LogP contribution in [0.3, 0.4) is 0 Å². The first kappa shape index (κ1) is 17.4. The van der Waals surface area contributed by atoms with Crippen molar-refractivity contribution >= 4 is 5.91 Å². The molecule has 1 fully saturated rings. The highest BCUT2D eigenvalue weighted by atomic mass is 16.1. The van der Waals surface area contributed by atoms with E-state index in [1.54, 1.807) is 0 Å². The maximum Gasteiger partial charge on any atom is 0.237 e. The highest BCUT2D eigenvalue weighted by Gasteiger charge is 2.28. The summed E-state index contributed by atoms with van der Waals surface area (Å²) in [4.78, 5) is 14.0. The van der Waals surface area contributed by atoms with Gasteiger partial charge in [-0.3, -0.25) is 4.79 Å². The molecule has 2 atom stereocenters. The lowest BCUT2D eigenvalue weighted by Crippen LogP contribution is -2.51. The van der Waals surface area contributed by atoms with Crippen molar-refractivity contribution in [2.45, 2.75) is 64.3 Å². The molecule has 20 heavy (non-hydrogen) atoms. The summed E-state index contributed by atoms with van der Waals surface area (Å²) in [6.45, 7) is 7.86. The highest BCUT2D eigenvalue weighted by Crippen LogP contribution is 2.21. The average molecular weight is 283 g/mol. The number of hydrogen-bond acceptors (Lipinski definition) is 3. The first-order valence-electron chi connectivity index (χ1n) is 8.23. The molecule has 0 radical (unpaired) electrons. The molecule has 0 bridgehead atoms. The zero-order chi connectivity index (χ0) is 15.0. The second-order valence-corrected chi connectivity index (χ2v) is 6.45. The van der Waals surface area contributed by atoms with E-state index in [9.17, 15) is 4.79 Å². The summed E-state index contributed by atoms with van der Waals surface area (Å²) in [7, 11) is 1.81. The van der Waals surface area contributed by atoms with Crippen LogP contribution in [0.1, 0.15) is 58.8 Å². The molecule has 1 heterocycles. The van der Waals surface area contributed by atoms with Gasteiger partial charge in [0.1, 0.15) is 0 Å². The molecule has 0 spiro atoms. The Balaban J connectivity index is 2.22. The topological polar surface area (TPSA) is 58.4 Å². The average Bonchev–Trinajstić information content (AvgIpc) is 2.68. The minimum atomic E-state index is -0.550. The van der Waals surface area contributed by atoms with Gasteiger partial charge in [-0.25, -0.2) is 0 Å². The van der Waals surface area contributed by atoms with Crippen molar-refractivity contribution < 1.29 is 4.79 Å². The van der Waals surface area contributed by atoms with Crippen LogP contribution < -0.4 is 11.1 Å². The van der Waals surface area contributed by atoms with Crippen molar-refractivity contribution in [2.75, 3.05) is 26.7 Å². The number of nitrogens with one attached hydrogen (secondary N) is 1. The van der Waals surface area contributed by atoms with Gasteiger partial charge < -0.3 is 16.0 Å². The molecule has 118 valence electrons. The Morgan fingerprint density at radius 3 is 2.70 bits per heavy atom. The quantitative estimate of drug-likeness (QED) is 0.671. The Bertz CT molecular complexity index is 295. The fraction of sp³-hybridized carbons (Fsp3) is 0.938. The van der Waals surface area contributed by atoms with Crippen molar-refractivity contribution in [1.29, 1.82) is 0 Å². The first-order valence-corrected chi connectivity index (χ1v) is 8.23. The number of unbranched alkanes of at least 4 members (excludes halogenated alkanes) is 1. The smallest absolute Gasteiger partial charge is 0.237 e. The Morgan fingerprint density at radius 2 is 2.10 bits per heavy atom. The third kappa shape index (κ3) is 5.41. The first-order chi connectivity index (χ1) is 9.51. The van der Waals surface area contributed by atoms with E-state index in [2.05, 4.69) is 17.1 Å². The van der Waals surface area contributed by atoms with Crippen molar-refractivity contribution in [3.05, 3.63) is 0 Å². The van der Waals surface area contributed by atoms with E-state index in [1.165, 1.54) is 38.8 Å². The molecule has 0 aromatic carbocycles. The summed E-state index contributed by atoms with van der Waals surface area (Å²) >= 11 is 0. The molecule has 1 amide bonds. The van der Waals surface area contributed by atoms with Gasteiger partial charge in [0.15, 0.2) is 0 Å². The van der Waals surface area contributed by atoms with Gasteiger partial charge in [-0.05, 0) is 78.0 Å². The molecule has 4 heteroatoms. The molecular weight excluding hydrogens is 250 g/mol. The molecule has 2 unspecified atom stereocenters. The fourth-order valence-electron chi connectivity index (χ4n) is 3.04. The molecule has 0 aliphatic carbocycles. The zero-order valence-electron chi connectivity index (χ0n) is 13.6. The van der Waals surface area contributed by atoms with Crippen LogP contribution in [0.2, 0.25) is 0 Å². The summed E-state index contributed by atoms with van der Waals surface area (Å²) in [6.07, 6.45) is 8.44. The summed E-state index contributed by atoms with van der Waals surface area (Å²) < 4.78 is 0. The molecule has 1 rings (SSSR count). The van der Waals surface area contributed by atoms with Crippen LogP contribution in [0.4, 0.5) is 0 Å². The largest absolute Gasteiger partial charge is 0.368 e. The van der Waals surface area contributed by atoms with Gasteiger partial charge in [-0.2, -0.15) is 0 Å². The predicted molar refractivity (Wildman–Crippen MR) is 84.6 cm³/mol. The number of rotatable bonds is 8. The van der Waals surface area contributed by atoms with Crippen LogP contribution in [0.25, 0.3) is 0 Å². The zero-order valence-corrected chi connectivity index (χ0v) is 13.6. The van der Waals surface area contributed by atoms with E-state index >= 15 is 0 Å². The lowest BCUT2D eigenvalue weighted by Gasteiger charge is -2.26. The van der Waals surface area contributed by atoms with Crippen molar-refractivity contribution in [2.24, 2.45) is 11.7 Å². The number of likely N-dealkylation sites (N-methyl/N-ethyl adjacent to an activating group) is 1. The van der Waals surface area contributed by atoms with Gasteiger partial charge in [0.2, 0.25) is 5.91 Å². The number of hydrogen-bond donors (Lipinski definition) is 2. The fourth-order valence-corrected chi connectivity index (χ4v) is 3.04. The molecule has 4 nitrogen and oxygen atoms in total. The Morgan fingerprint density at radius 1 is 1.35 bits per heavy atom. The summed E-state index contributed by atoms with van der Waals surface area (Å²) in [6, 6.07) is 0. The summed E-state index contributed by atoms with van der Waals surface area (Å²) in [5, 5.41) is 3.05. The van der Waals surface area contributed by atoms with E-state index in [-0.39, 0.29) is 5.91 Å². The number of carbonyl (C=O) groups excluding carboxylic acids is 1. The Kier molecular flexibility index (Phi) is 7.52. The number of nitrogens with zero attached hydrogens (tertiary/aromatic N) is 1. The number of carbonyl (C=O) groups is 1. The third-order valence-corrected chi connectivity index (χ3v) is 5.01. The number of amides is 1. The van der Waals surface area contributed by atoms with Gasteiger partial charge >= 0.3 is 0 Å². The second kappa shape index (κ2) is 8.63. The van der Waals surface area contributed by atoms with Crippen molar-refractivity contribution in [3.8, 4) is 0 Å². The van der Waals surface area contributed by atoms with E-state index in [1.807, 2.05) is 14.0 Å². The van der Waals surface area contributed by atoms with Gasteiger partial charge in [-0.15, -0.1) is 0 Å². The van der Waals surface area contributed by atoms with Gasteiger partial charge in [0.25, 0.3) is 0 Å². The van der Waals surface area contributed by atoms with Crippen LogP contribution in [0, 0.1) is 5.92 Å². The lowest BCUT2D eigenvalue weighted by molar-refractivity contribution is -0.123. The Hall–Kier alpha value is -0.610. The van der Waals surface area contributed by atoms with E-state index in [0.717, 1.165) is 31.7 Å². The summed E-state index contributed by atoms with van der Waals surface area (Å²) in [5.74, 6) is 0.683. The number of likely N-dealkylation sites (tertiary alicyclic amines) is 1. The molecule has 3 N–H and O–H groups in total. The molecule has 1 aliphatic heterocycles.